The summed E-state index contributed by atoms with van der Waals surface area (Å²) in [5, 5.41) is 0.653. The Hall–Kier alpha value is -1.73. The maximum absolute atomic E-state index is 12.7. The van der Waals surface area contributed by atoms with Crippen LogP contribution in [0.15, 0.2) is 11.1 Å². The van der Waals surface area contributed by atoms with E-state index < -0.39 is 0 Å². The van der Waals surface area contributed by atoms with Crippen molar-refractivity contribution in [3.63, 3.8) is 0 Å². The molecule has 6 nitrogen and oxygen atoms in total. The highest BCUT2D eigenvalue weighted by atomic mass is 32.1. The maximum atomic E-state index is 12.7. The topological polar surface area (TPSA) is 58.4 Å². The molecule has 2 aromatic heterocycles. The SMILES string of the molecule is CCCN1CCN(C(=O)Cn2cnc3sc(C)c(C)c3c2=O)CC1. The second kappa shape index (κ2) is 7.03. The fraction of sp³-hybridized carbons (Fsp3) is 0.588. The molecular weight excluding hydrogens is 324 g/mol. The van der Waals surface area contributed by atoms with Gasteiger partial charge in [0, 0.05) is 31.1 Å². The zero-order chi connectivity index (χ0) is 17.3. The van der Waals surface area contributed by atoms with Crippen molar-refractivity contribution in [2.24, 2.45) is 0 Å². The predicted octanol–water partition coefficient (Wildman–Crippen LogP) is 1.63. The molecule has 0 aromatic carbocycles. The van der Waals surface area contributed by atoms with Crippen molar-refractivity contribution < 1.29 is 4.79 Å². The van der Waals surface area contributed by atoms with Gasteiger partial charge in [-0.15, -0.1) is 11.3 Å². The molecule has 0 atom stereocenters. The van der Waals surface area contributed by atoms with Crippen molar-refractivity contribution in [3.05, 3.63) is 27.1 Å². The fourth-order valence-electron chi connectivity index (χ4n) is 3.17. The Kier molecular flexibility index (Phi) is 5.01. The van der Waals surface area contributed by atoms with Crippen LogP contribution >= 0.6 is 11.3 Å². The first kappa shape index (κ1) is 17.1. The van der Waals surface area contributed by atoms with Gasteiger partial charge in [0.1, 0.15) is 11.4 Å². The molecule has 2 aromatic rings. The Morgan fingerprint density at radius 3 is 2.62 bits per heavy atom. The van der Waals surface area contributed by atoms with E-state index in [1.807, 2.05) is 18.7 Å². The molecule has 130 valence electrons. The van der Waals surface area contributed by atoms with Crippen molar-refractivity contribution in [1.82, 2.24) is 19.4 Å². The number of amides is 1. The van der Waals surface area contributed by atoms with E-state index in [4.69, 9.17) is 0 Å². The van der Waals surface area contributed by atoms with Crippen LogP contribution in [-0.4, -0.2) is 58.0 Å². The highest BCUT2D eigenvalue weighted by molar-refractivity contribution is 7.18. The lowest BCUT2D eigenvalue weighted by molar-refractivity contribution is -0.133. The standard InChI is InChI=1S/C17H24N4O2S/c1-4-5-19-6-8-20(9-7-19)14(22)10-21-11-18-16-15(17(21)23)12(2)13(3)24-16/h11H,4-10H2,1-3H3. The molecule has 0 N–H and O–H groups in total. The minimum absolute atomic E-state index is 0.000923. The van der Waals surface area contributed by atoms with Gasteiger partial charge in [-0.05, 0) is 32.4 Å². The molecule has 1 aliphatic rings. The third kappa shape index (κ3) is 3.23. The number of carbonyl (C=O) groups excluding carboxylic acids is 1. The Labute approximate surface area is 145 Å². The number of aryl methyl sites for hydroxylation is 2. The quantitative estimate of drug-likeness (QED) is 0.843. The van der Waals surface area contributed by atoms with Gasteiger partial charge >= 0.3 is 0 Å². The Bertz CT molecular complexity index is 803. The number of aromatic nitrogens is 2. The highest BCUT2D eigenvalue weighted by Gasteiger charge is 2.21. The number of fused-ring (bicyclic) bond motifs is 1. The second-order valence-electron chi connectivity index (χ2n) is 6.36. The van der Waals surface area contributed by atoms with Crippen LogP contribution in [0.4, 0.5) is 0 Å². The van der Waals surface area contributed by atoms with Gasteiger partial charge in [0.25, 0.3) is 5.56 Å². The van der Waals surface area contributed by atoms with Gasteiger partial charge in [-0.2, -0.15) is 0 Å². The van der Waals surface area contributed by atoms with E-state index >= 15 is 0 Å². The van der Waals surface area contributed by atoms with Crippen LogP contribution in [0.3, 0.4) is 0 Å². The molecule has 24 heavy (non-hydrogen) atoms. The molecule has 0 unspecified atom stereocenters. The average molecular weight is 348 g/mol. The van der Waals surface area contributed by atoms with Crippen molar-refractivity contribution in [1.29, 1.82) is 0 Å². The number of hydrogen-bond donors (Lipinski definition) is 0. The molecular formula is C17H24N4O2S. The molecule has 7 heteroatoms. The van der Waals surface area contributed by atoms with Crippen molar-refractivity contribution in [2.45, 2.75) is 33.7 Å². The Balaban J connectivity index is 1.73. The minimum atomic E-state index is -0.111. The summed E-state index contributed by atoms with van der Waals surface area (Å²) in [6.45, 7) is 10.6. The van der Waals surface area contributed by atoms with Gasteiger partial charge in [0.15, 0.2) is 0 Å². The molecule has 0 saturated carbocycles. The number of nitrogens with zero attached hydrogens (tertiary/aromatic N) is 4. The third-order valence-electron chi connectivity index (χ3n) is 4.73. The molecule has 1 fully saturated rings. The van der Waals surface area contributed by atoms with Crippen LogP contribution < -0.4 is 5.56 Å². The summed E-state index contributed by atoms with van der Waals surface area (Å²) in [7, 11) is 0. The lowest BCUT2D eigenvalue weighted by Crippen LogP contribution is -2.50. The first-order valence-electron chi connectivity index (χ1n) is 8.46. The summed E-state index contributed by atoms with van der Waals surface area (Å²) in [6, 6.07) is 0. The van der Waals surface area contributed by atoms with Crippen LogP contribution in [0.2, 0.25) is 0 Å². The predicted molar refractivity (Wildman–Crippen MR) is 96.7 cm³/mol. The van der Waals surface area contributed by atoms with Gasteiger partial charge in [0.2, 0.25) is 5.91 Å². The summed E-state index contributed by atoms with van der Waals surface area (Å²) >= 11 is 1.53. The molecule has 0 bridgehead atoms. The fourth-order valence-corrected chi connectivity index (χ4v) is 4.15. The van der Waals surface area contributed by atoms with E-state index in [9.17, 15) is 9.59 Å². The summed E-state index contributed by atoms with van der Waals surface area (Å²) in [6.07, 6.45) is 2.64. The van der Waals surface area contributed by atoms with Gasteiger partial charge < -0.3 is 4.90 Å². The second-order valence-corrected chi connectivity index (χ2v) is 7.57. The normalized spacial score (nSPS) is 16.0. The minimum Gasteiger partial charge on any atom is -0.339 e. The highest BCUT2D eigenvalue weighted by Crippen LogP contribution is 2.25. The molecule has 3 rings (SSSR count). The third-order valence-corrected chi connectivity index (χ3v) is 5.84. The first-order chi connectivity index (χ1) is 11.5. The van der Waals surface area contributed by atoms with Crippen molar-refractivity contribution in [2.75, 3.05) is 32.7 Å². The Morgan fingerprint density at radius 1 is 1.25 bits per heavy atom. The molecule has 3 heterocycles. The van der Waals surface area contributed by atoms with Crippen LogP contribution in [0.1, 0.15) is 23.8 Å². The lowest BCUT2D eigenvalue weighted by Gasteiger charge is -2.34. The van der Waals surface area contributed by atoms with E-state index in [-0.39, 0.29) is 18.0 Å². The number of thiophene rings is 1. The molecule has 1 amide bonds. The van der Waals surface area contributed by atoms with E-state index in [2.05, 4.69) is 16.8 Å². The first-order valence-corrected chi connectivity index (χ1v) is 9.28. The monoisotopic (exact) mass is 348 g/mol. The van der Waals surface area contributed by atoms with E-state index in [1.54, 1.807) is 0 Å². The van der Waals surface area contributed by atoms with Gasteiger partial charge in [-0.1, -0.05) is 6.92 Å². The zero-order valence-electron chi connectivity index (χ0n) is 14.5. The molecule has 0 aliphatic carbocycles. The summed E-state index contributed by atoms with van der Waals surface area (Å²) < 4.78 is 1.45. The summed E-state index contributed by atoms with van der Waals surface area (Å²) in [5.74, 6) is -0.000923. The van der Waals surface area contributed by atoms with E-state index in [1.165, 1.54) is 22.2 Å². The largest absolute Gasteiger partial charge is 0.339 e. The zero-order valence-corrected chi connectivity index (χ0v) is 15.4. The van der Waals surface area contributed by atoms with Crippen LogP contribution in [-0.2, 0) is 11.3 Å². The number of piperazine rings is 1. The van der Waals surface area contributed by atoms with Crippen LogP contribution in [0.5, 0.6) is 0 Å². The van der Waals surface area contributed by atoms with Crippen molar-refractivity contribution in [3.8, 4) is 0 Å². The van der Waals surface area contributed by atoms with Gasteiger partial charge in [-0.3, -0.25) is 19.1 Å². The summed E-state index contributed by atoms with van der Waals surface area (Å²) in [5.41, 5.74) is 0.863. The summed E-state index contributed by atoms with van der Waals surface area (Å²) in [4.78, 5) is 35.7. The van der Waals surface area contributed by atoms with Crippen LogP contribution in [0, 0.1) is 13.8 Å². The molecule has 0 spiro atoms. The van der Waals surface area contributed by atoms with Gasteiger partial charge in [0.05, 0.1) is 11.7 Å². The Morgan fingerprint density at radius 2 is 1.96 bits per heavy atom. The van der Waals surface area contributed by atoms with E-state index in [0.717, 1.165) is 54.4 Å². The van der Waals surface area contributed by atoms with E-state index in [0.29, 0.717) is 5.39 Å². The number of carbonyl (C=O) groups is 1. The van der Waals surface area contributed by atoms with Crippen molar-refractivity contribution >= 4 is 27.5 Å². The van der Waals surface area contributed by atoms with Gasteiger partial charge in [-0.25, -0.2) is 4.98 Å². The number of hydrogen-bond acceptors (Lipinski definition) is 5. The lowest BCUT2D eigenvalue weighted by atomic mass is 10.2. The molecule has 1 aliphatic heterocycles. The molecule has 1 saturated heterocycles. The number of rotatable bonds is 4. The van der Waals surface area contributed by atoms with Crippen LogP contribution in [0.25, 0.3) is 10.2 Å². The maximum Gasteiger partial charge on any atom is 0.262 e. The molecule has 0 radical (unpaired) electrons. The average Bonchev–Trinajstić information content (AvgIpc) is 2.86. The smallest absolute Gasteiger partial charge is 0.262 e.